The van der Waals surface area contributed by atoms with Crippen LogP contribution in [0.2, 0.25) is 0 Å². The molecule has 0 saturated heterocycles. The van der Waals surface area contributed by atoms with E-state index in [-0.39, 0.29) is 0 Å². The highest BCUT2D eigenvalue weighted by Gasteiger charge is 2.29. The van der Waals surface area contributed by atoms with Crippen LogP contribution in [-0.4, -0.2) is 22.3 Å². The van der Waals surface area contributed by atoms with Gasteiger partial charge in [-0.05, 0) is 31.0 Å². The van der Waals surface area contributed by atoms with E-state index in [0.717, 1.165) is 33.2 Å². The van der Waals surface area contributed by atoms with Gasteiger partial charge < -0.3 is 10.5 Å². The molecule has 19 heavy (non-hydrogen) atoms. The Bertz CT molecular complexity index is 789. The second-order valence-corrected chi connectivity index (χ2v) is 5.01. The lowest BCUT2D eigenvalue weighted by atomic mass is 10.1. The van der Waals surface area contributed by atoms with Gasteiger partial charge in [0, 0.05) is 16.7 Å². The van der Waals surface area contributed by atoms with Gasteiger partial charge in [-0.1, -0.05) is 0 Å². The van der Waals surface area contributed by atoms with Crippen LogP contribution in [0.1, 0.15) is 24.5 Å². The molecular formula is C14H14N4O. The minimum atomic E-state index is 0.507. The number of aromatic amines is 1. The number of hydrogen-bond acceptors (Lipinski definition) is 4. The van der Waals surface area contributed by atoms with Gasteiger partial charge in [-0.15, -0.1) is 0 Å². The maximum Gasteiger partial charge on any atom is 0.150 e. The molecule has 0 aliphatic heterocycles. The lowest BCUT2D eigenvalue weighted by Gasteiger charge is -2.05. The van der Waals surface area contributed by atoms with Crippen LogP contribution in [0.25, 0.3) is 21.8 Å². The summed E-state index contributed by atoms with van der Waals surface area (Å²) in [6, 6.07) is 5.84. The molecule has 1 aliphatic rings. The Hall–Kier alpha value is -2.30. The van der Waals surface area contributed by atoms with Gasteiger partial charge in [0.1, 0.15) is 17.1 Å². The molecule has 1 fully saturated rings. The number of H-pyrrole nitrogens is 1. The van der Waals surface area contributed by atoms with Crippen molar-refractivity contribution in [3.05, 3.63) is 23.9 Å². The number of aromatic nitrogens is 3. The predicted octanol–water partition coefficient (Wildman–Crippen LogP) is 2.58. The number of fused-ring (bicyclic) bond motifs is 3. The number of benzene rings is 1. The number of methoxy groups -OCH3 is 1. The van der Waals surface area contributed by atoms with Crippen molar-refractivity contribution in [2.75, 3.05) is 12.8 Å². The molecule has 0 amide bonds. The summed E-state index contributed by atoms with van der Waals surface area (Å²) in [4.78, 5) is 4.42. The fourth-order valence-corrected chi connectivity index (χ4v) is 2.59. The zero-order valence-corrected chi connectivity index (χ0v) is 10.6. The number of pyridine rings is 1. The number of rotatable bonds is 2. The Morgan fingerprint density at radius 3 is 2.95 bits per heavy atom. The van der Waals surface area contributed by atoms with Crippen molar-refractivity contribution in [3.8, 4) is 5.75 Å². The van der Waals surface area contributed by atoms with Crippen LogP contribution in [0.5, 0.6) is 5.75 Å². The molecule has 5 nitrogen and oxygen atoms in total. The molecule has 0 radical (unpaired) electrons. The first-order chi connectivity index (χ1) is 9.28. The normalized spacial score (nSPS) is 15.2. The molecule has 1 aromatic carbocycles. The van der Waals surface area contributed by atoms with E-state index in [0.29, 0.717) is 11.7 Å². The Morgan fingerprint density at radius 1 is 1.37 bits per heavy atom. The minimum Gasteiger partial charge on any atom is -0.497 e. The zero-order valence-electron chi connectivity index (χ0n) is 10.6. The molecule has 2 heterocycles. The molecule has 5 heteroatoms. The Kier molecular flexibility index (Phi) is 2.01. The molecule has 3 aromatic rings. The van der Waals surface area contributed by atoms with E-state index in [1.165, 1.54) is 12.8 Å². The van der Waals surface area contributed by atoms with Gasteiger partial charge in [-0.3, -0.25) is 5.10 Å². The van der Waals surface area contributed by atoms with Crippen molar-refractivity contribution in [1.82, 2.24) is 15.2 Å². The first kappa shape index (κ1) is 10.6. The van der Waals surface area contributed by atoms with Gasteiger partial charge in [-0.2, -0.15) is 5.10 Å². The van der Waals surface area contributed by atoms with E-state index in [1.54, 1.807) is 7.11 Å². The van der Waals surface area contributed by atoms with Gasteiger partial charge in [0.05, 0.1) is 18.3 Å². The SMILES string of the molecule is COc1ccc2nc(N)c3[nH]nc(C4CC4)c3c2c1. The largest absolute Gasteiger partial charge is 0.497 e. The van der Waals surface area contributed by atoms with Crippen LogP contribution in [0.3, 0.4) is 0 Å². The number of nitrogen functional groups attached to an aromatic ring is 1. The molecule has 2 aromatic heterocycles. The van der Waals surface area contributed by atoms with Crippen molar-refractivity contribution in [2.24, 2.45) is 0 Å². The number of ether oxygens (including phenoxy) is 1. The summed E-state index contributed by atoms with van der Waals surface area (Å²) in [5.41, 5.74) is 8.85. The van der Waals surface area contributed by atoms with Crippen molar-refractivity contribution in [1.29, 1.82) is 0 Å². The predicted molar refractivity (Wildman–Crippen MR) is 74.3 cm³/mol. The van der Waals surface area contributed by atoms with Gasteiger partial charge in [0.15, 0.2) is 0 Å². The molecule has 4 rings (SSSR count). The molecule has 1 aliphatic carbocycles. The molecule has 96 valence electrons. The zero-order chi connectivity index (χ0) is 13.0. The standard InChI is InChI=1S/C14H14N4O/c1-19-8-4-5-10-9(6-8)11-12(7-2-3-7)17-18-13(11)14(15)16-10/h4-7H,2-3H2,1H3,(H2,15,16)(H,17,18). The van der Waals surface area contributed by atoms with Crippen molar-refractivity contribution in [3.63, 3.8) is 0 Å². The second-order valence-electron chi connectivity index (χ2n) is 5.01. The van der Waals surface area contributed by atoms with Gasteiger partial charge >= 0.3 is 0 Å². The third kappa shape index (κ3) is 1.47. The second kappa shape index (κ2) is 3.60. The van der Waals surface area contributed by atoms with Crippen LogP contribution >= 0.6 is 0 Å². The van der Waals surface area contributed by atoms with Crippen LogP contribution in [0.15, 0.2) is 18.2 Å². The van der Waals surface area contributed by atoms with Crippen molar-refractivity contribution >= 4 is 27.6 Å². The smallest absolute Gasteiger partial charge is 0.150 e. The van der Waals surface area contributed by atoms with Gasteiger partial charge in [0.25, 0.3) is 0 Å². The lowest BCUT2D eigenvalue weighted by molar-refractivity contribution is 0.415. The monoisotopic (exact) mass is 254 g/mol. The highest BCUT2D eigenvalue weighted by atomic mass is 16.5. The maximum absolute atomic E-state index is 6.01. The summed E-state index contributed by atoms with van der Waals surface area (Å²) >= 11 is 0. The first-order valence-corrected chi connectivity index (χ1v) is 6.39. The quantitative estimate of drug-likeness (QED) is 0.737. The third-order valence-electron chi connectivity index (χ3n) is 3.73. The van der Waals surface area contributed by atoms with E-state index in [2.05, 4.69) is 15.2 Å². The number of nitrogens with one attached hydrogen (secondary N) is 1. The number of nitrogens with zero attached hydrogens (tertiary/aromatic N) is 2. The highest BCUT2D eigenvalue weighted by Crippen LogP contribution is 2.44. The minimum absolute atomic E-state index is 0.507. The van der Waals surface area contributed by atoms with E-state index in [9.17, 15) is 0 Å². The molecular weight excluding hydrogens is 240 g/mol. The lowest BCUT2D eigenvalue weighted by Crippen LogP contribution is -1.94. The average molecular weight is 254 g/mol. The molecule has 0 spiro atoms. The number of anilines is 1. The van der Waals surface area contributed by atoms with E-state index >= 15 is 0 Å². The Morgan fingerprint density at radius 2 is 2.21 bits per heavy atom. The summed E-state index contributed by atoms with van der Waals surface area (Å²) in [6.07, 6.45) is 2.40. The third-order valence-corrected chi connectivity index (χ3v) is 3.73. The van der Waals surface area contributed by atoms with Crippen LogP contribution < -0.4 is 10.5 Å². The highest BCUT2D eigenvalue weighted by molar-refractivity contribution is 6.10. The summed E-state index contributed by atoms with van der Waals surface area (Å²) in [6.45, 7) is 0. The average Bonchev–Trinajstić information content (AvgIpc) is 3.17. The fourth-order valence-electron chi connectivity index (χ4n) is 2.59. The van der Waals surface area contributed by atoms with E-state index < -0.39 is 0 Å². The van der Waals surface area contributed by atoms with Crippen molar-refractivity contribution < 1.29 is 4.74 Å². The number of hydrogen-bond donors (Lipinski definition) is 2. The molecule has 0 unspecified atom stereocenters. The fraction of sp³-hybridized carbons (Fsp3) is 0.286. The van der Waals surface area contributed by atoms with E-state index in [4.69, 9.17) is 10.5 Å². The van der Waals surface area contributed by atoms with Crippen LogP contribution in [0.4, 0.5) is 5.82 Å². The van der Waals surface area contributed by atoms with Crippen LogP contribution in [0, 0.1) is 0 Å². The van der Waals surface area contributed by atoms with Crippen molar-refractivity contribution in [2.45, 2.75) is 18.8 Å². The molecule has 0 bridgehead atoms. The van der Waals surface area contributed by atoms with E-state index in [1.807, 2.05) is 18.2 Å². The first-order valence-electron chi connectivity index (χ1n) is 6.39. The molecule has 0 atom stereocenters. The topological polar surface area (TPSA) is 76.8 Å². The number of nitrogens with two attached hydrogens (primary N) is 1. The summed E-state index contributed by atoms with van der Waals surface area (Å²) in [7, 11) is 1.67. The Labute approximate surface area is 109 Å². The van der Waals surface area contributed by atoms with Gasteiger partial charge in [-0.25, -0.2) is 4.98 Å². The van der Waals surface area contributed by atoms with Gasteiger partial charge in [0.2, 0.25) is 0 Å². The summed E-state index contributed by atoms with van der Waals surface area (Å²) < 4.78 is 5.30. The summed E-state index contributed by atoms with van der Waals surface area (Å²) in [5.74, 6) is 1.89. The summed E-state index contributed by atoms with van der Waals surface area (Å²) in [5, 5.41) is 9.62. The maximum atomic E-state index is 6.01. The molecule has 3 N–H and O–H groups in total. The van der Waals surface area contributed by atoms with Crippen LogP contribution in [-0.2, 0) is 0 Å². The Balaban J connectivity index is 2.16. The molecule has 1 saturated carbocycles.